The van der Waals surface area contributed by atoms with Crippen LogP contribution in [0.15, 0.2) is 0 Å². The van der Waals surface area contributed by atoms with Crippen molar-refractivity contribution >= 4 is 16.5 Å². The van der Waals surface area contributed by atoms with Crippen LogP contribution >= 0.6 is 11.3 Å². The van der Waals surface area contributed by atoms with Crippen molar-refractivity contribution < 1.29 is 13.2 Å². The van der Waals surface area contributed by atoms with Crippen LogP contribution in [0.5, 0.6) is 0 Å². The van der Waals surface area contributed by atoms with Gasteiger partial charge in [-0.3, -0.25) is 0 Å². The fourth-order valence-corrected chi connectivity index (χ4v) is 2.81. The lowest BCUT2D eigenvalue weighted by molar-refractivity contribution is -0.119. The molecule has 0 radical (unpaired) electrons. The molecule has 1 aromatic heterocycles. The molecule has 3 nitrogen and oxygen atoms in total. The van der Waals surface area contributed by atoms with E-state index in [9.17, 15) is 13.2 Å². The summed E-state index contributed by atoms with van der Waals surface area (Å²) in [5.74, 6) is 0.206. The molecular formula is C12H20F3N3S. The van der Waals surface area contributed by atoms with Crippen molar-refractivity contribution in [2.75, 3.05) is 25.0 Å². The molecule has 0 aliphatic heterocycles. The largest absolute Gasteiger partial charge is 0.405 e. The third kappa shape index (κ3) is 4.99. The number of nitrogens with one attached hydrogen (secondary N) is 1. The first-order chi connectivity index (χ1) is 8.74. The monoisotopic (exact) mass is 295 g/mol. The maximum absolute atomic E-state index is 12.4. The number of alkyl halides is 3. The average molecular weight is 295 g/mol. The van der Waals surface area contributed by atoms with Crippen LogP contribution in [0.2, 0.25) is 0 Å². The maximum atomic E-state index is 12.4. The van der Waals surface area contributed by atoms with Gasteiger partial charge in [-0.05, 0) is 12.5 Å². The molecule has 0 spiro atoms. The number of rotatable bonds is 6. The SMILES string of the molecule is CCNCc1sc(N(C)CC(F)(F)F)nc1C(C)C. The molecule has 7 heteroatoms. The van der Waals surface area contributed by atoms with E-state index in [2.05, 4.69) is 10.3 Å². The first kappa shape index (κ1) is 16.2. The van der Waals surface area contributed by atoms with Gasteiger partial charge in [0.15, 0.2) is 5.13 Å². The number of hydrogen-bond donors (Lipinski definition) is 1. The zero-order valence-corrected chi connectivity index (χ0v) is 12.5. The Morgan fingerprint density at radius 1 is 1.37 bits per heavy atom. The van der Waals surface area contributed by atoms with Crippen LogP contribution in [0, 0.1) is 0 Å². The summed E-state index contributed by atoms with van der Waals surface area (Å²) >= 11 is 1.33. The van der Waals surface area contributed by atoms with Gasteiger partial charge >= 0.3 is 6.18 Å². The Bertz CT molecular complexity index is 401. The van der Waals surface area contributed by atoms with Crippen LogP contribution in [0.1, 0.15) is 37.3 Å². The maximum Gasteiger partial charge on any atom is 0.405 e. The minimum atomic E-state index is -4.21. The van der Waals surface area contributed by atoms with Gasteiger partial charge < -0.3 is 10.2 Å². The Morgan fingerprint density at radius 2 is 2.00 bits per heavy atom. The van der Waals surface area contributed by atoms with Gasteiger partial charge in [-0.1, -0.05) is 20.8 Å². The first-order valence-corrected chi connectivity index (χ1v) is 7.04. The minimum absolute atomic E-state index is 0.206. The second-order valence-corrected chi connectivity index (χ2v) is 5.77. The zero-order valence-electron chi connectivity index (χ0n) is 11.6. The van der Waals surface area contributed by atoms with Gasteiger partial charge in [-0.15, -0.1) is 11.3 Å². The summed E-state index contributed by atoms with van der Waals surface area (Å²) in [6, 6.07) is 0. The number of thiazole rings is 1. The van der Waals surface area contributed by atoms with Gasteiger partial charge in [0.05, 0.1) is 5.69 Å². The lowest BCUT2D eigenvalue weighted by atomic mass is 10.1. The molecule has 1 aromatic rings. The molecule has 1 rings (SSSR count). The molecule has 1 N–H and O–H groups in total. The van der Waals surface area contributed by atoms with Crippen molar-refractivity contribution in [3.8, 4) is 0 Å². The smallest absolute Gasteiger partial charge is 0.342 e. The number of hydrogen-bond acceptors (Lipinski definition) is 4. The number of anilines is 1. The molecule has 19 heavy (non-hydrogen) atoms. The summed E-state index contributed by atoms with van der Waals surface area (Å²) in [7, 11) is 1.42. The lowest BCUT2D eigenvalue weighted by Crippen LogP contribution is -2.30. The quantitative estimate of drug-likeness (QED) is 0.872. The molecule has 0 aromatic carbocycles. The molecule has 0 saturated heterocycles. The Morgan fingerprint density at radius 3 is 2.47 bits per heavy atom. The molecule has 0 aliphatic carbocycles. The summed E-state index contributed by atoms with van der Waals surface area (Å²) in [5.41, 5.74) is 0.884. The molecule has 0 saturated carbocycles. The number of nitrogens with zero attached hydrogens (tertiary/aromatic N) is 2. The fourth-order valence-electron chi connectivity index (χ4n) is 1.67. The van der Waals surface area contributed by atoms with Crippen LogP contribution in [0.4, 0.5) is 18.3 Å². The summed E-state index contributed by atoms with van der Waals surface area (Å²) in [4.78, 5) is 6.52. The van der Waals surface area contributed by atoms with Crippen LogP contribution in [0.3, 0.4) is 0 Å². The predicted molar refractivity (Wildman–Crippen MR) is 72.9 cm³/mol. The van der Waals surface area contributed by atoms with Gasteiger partial charge in [0.1, 0.15) is 6.54 Å². The van der Waals surface area contributed by atoms with Crippen LogP contribution < -0.4 is 10.2 Å². The van der Waals surface area contributed by atoms with Gasteiger partial charge in [0.2, 0.25) is 0 Å². The van der Waals surface area contributed by atoms with Crippen molar-refractivity contribution in [2.45, 2.75) is 39.4 Å². The van der Waals surface area contributed by atoms with Crippen molar-refractivity contribution in [1.82, 2.24) is 10.3 Å². The summed E-state index contributed by atoms with van der Waals surface area (Å²) in [6.45, 7) is 6.49. The highest BCUT2D eigenvalue weighted by Gasteiger charge is 2.30. The third-order valence-electron chi connectivity index (χ3n) is 2.54. The van der Waals surface area contributed by atoms with E-state index in [0.29, 0.717) is 11.7 Å². The molecule has 0 bridgehead atoms. The summed E-state index contributed by atoms with van der Waals surface area (Å²) < 4.78 is 37.1. The van der Waals surface area contributed by atoms with E-state index < -0.39 is 12.7 Å². The van der Waals surface area contributed by atoms with Crippen molar-refractivity contribution in [3.63, 3.8) is 0 Å². The highest BCUT2D eigenvalue weighted by molar-refractivity contribution is 7.15. The zero-order chi connectivity index (χ0) is 14.6. The van der Waals surface area contributed by atoms with Crippen molar-refractivity contribution in [2.24, 2.45) is 0 Å². The number of aromatic nitrogens is 1. The van der Waals surface area contributed by atoms with Gasteiger partial charge in [-0.2, -0.15) is 13.2 Å². The Labute approximate surface area is 115 Å². The van der Waals surface area contributed by atoms with E-state index in [1.807, 2.05) is 20.8 Å². The van der Waals surface area contributed by atoms with Gasteiger partial charge in [0.25, 0.3) is 0 Å². The molecule has 0 unspecified atom stereocenters. The van der Waals surface area contributed by atoms with Crippen molar-refractivity contribution in [3.05, 3.63) is 10.6 Å². The van der Waals surface area contributed by atoms with E-state index in [0.717, 1.165) is 22.0 Å². The summed E-state index contributed by atoms with van der Waals surface area (Å²) in [5, 5.41) is 3.61. The van der Waals surface area contributed by atoms with Crippen molar-refractivity contribution in [1.29, 1.82) is 0 Å². The predicted octanol–water partition coefficient (Wildman–Crippen LogP) is 3.37. The Balaban J connectivity index is 2.90. The van der Waals surface area contributed by atoms with E-state index in [-0.39, 0.29) is 5.92 Å². The fraction of sp³-hybridized carbons (Fsp3) is 0.750. The van der Waals surface area contributed by atoms with Crippen LogP contribution in [0.25, 0.3) is 0 Å². The number of halogens is 3. The Kier molecular flexibility index (Phi) is 5.61. The highest BCUT2D eigenvalue weighted by Crippen LogP contribution is 2.31. The molecule has 0 atom stereocenters. The minimum Gasteiger partial charge on any atom is -0.342 e. The second-order valence-electron chi connectivity index (χ2n) is 4.71. The van der Waals surface area contributed by atoms with E-state index in [1.54, 1.807) is 0 Å². The molecular weight excluding hydrogens is 275 g/mol. The lowest BCUT2D eigenvalue weighted by Gasteiger charge is -2.17. The Hall–Kier alpha value is -0.820. The average Bonchev–Trinajstić information content (AvgIpc) is 2.68. The van der Waals surface area contributed by atoms with E-state index >= 15 is 0 Å². The normalized spacial score (nSPS) is 12.2. The molecule has 0 fully saturated rings. The second kappa shape index (κ2) is 6.56. The highest BCUT2D eigenvalue weighted by atomic mass is 32.1. The van der Waals surface area contributed by atoms with Gasteiger partial charge in [0, 0.05) is 18.5 Å². The molecule has 0 amide bonds. The molecule has 110 valence electrons. The first-order valence-electron chi connectivity index (χ1n) is 6.22. The van der Waals surface area contributed by atoms with E-state index in [1.165, 1.54) is 18.4 Å². The standard InChI is InChI=1S/C12H20F3N3S/c1-5-16-6-9-10(8(2)3)17-11(19-9)18(4)7-12(13,14)15/h8,16H,5-7H2,1-4H3. The topological polar surface area (TPSA) is 28.2 Å². The van der Waals surface area contributed by atoms with Gasteiger partial charge in [-0.25, -0.2) is 4.98 Å². The molecule has 1 heterocycles. The van der Waals surface area contributed by atoms with Crippen LogP contribution in [-0.2, 0) is 6.54 Å². The van der Waals surface area contributed by atoms with E-state index in [4.69, 9.17) is 0 Å². The molecule has 0 aliphatic rings. The van der Waals surface area contributed by atoms with Crippen LogP contribution in [-0.4, -0.2) is 31.3 Å². The summed E-state index contributed by atoms with van der Waals surface area (Å²) in [6.07, 6.45) is -4.21. The third-order valence-corrected chi connectivity index (χ3v) is 3.73.